The third kappa shape index (κ3) is 3.45. The second-order valence-electron chi connectivity index (χ2n) is 5.21. The van der Waals surface area contributed by atoms with Crippen molar-refractivity contribution in [2.75, 3.05) is 0 Å². The molecule has 0 saturated heterocycles. The fourth-order valence-corrected chi connectivity index (χ4v) is 2.26. The van der Waals surface area contributed by atoms with Crippen molar-refractivity contribution in [3.8, 4) is 12.0 Å². The number of benzene rings is 2. The fourth-order valence-electron chi connectivity index (χ4n) is 2.26. The van der Waals surface area contributed by atoms with E-state index in [-0.39, 0.29) is 11.1 Å². The van der Waals surface area contributed by atoms with Crippen LogP contribution in [0.2, 0.25) is 0 Å². The average molecular weight is 341 g/mol. The van der Waals surface area contributed by atoms with Gasteiger partial charge in [-0.25, -0.2) is 0 Å². The molecule has 0 atom stereocenters. The van der Waals surface area contributed by atoms with Gasteiger partial charge in [-0.1, -0.05) is 30.3 Å². The number of alkyl halides is 3. The predicted octanol–water partition coefficient (Wildman–Crippen LogP) is 3.47. The van der Waals surface area contributed by atoms with E-state index in [4.69, 9.17) is 0 Å². The molecule has 124 valence electrons. The Morgan fingerprint density at radius 2 is 1.52 bits per heavy atom. The zero-order valence-electron chi connectivity index (χ0n) is 12.7. The molecular weight excluding hydrogens is 331 g/mol. The normalized spacial score (nSPS) is 14.2. The highest BCUT2D eigenvalue weighted by atomic mass is 19.4. The van der Waals surface area contributed by atoms with Crippen LogP contribution in [0, 0.1) is 12.0 Å². The maximum atomic E-state index is 12.6. The smallest absolute Gasteiger partial charge is 0.268 e. The summed E-state index contributed by atoms with van der Waals surface area (Å²) in [6.07, 6.45) is -3.39. The van der Waals surface area contributed by atoms with Crippen LogP contribution in [0.3, 0.4) is 0 Å². The molecule has 6 heteroatoms. The van der Waals surface area contributed by atoms with Gasteiger partial charge in [0, 0.05) is 17.7 Å². The van der Waals surface area contributed by atoms with Crippen LogP contribution >= 0.6 is 0 Å². The van der Waals surface area contributed by atoms with Crippen LogP contribution in [0.25, 0.3) is 5.57 Å². The number of hydrogen-bond acceptors (Lipinski definition) is 2. The quantitative estimate of drug-likeness (QED) is 0.588. The molecule has 1 aliphatic rings. The van der Waals surface area contributed by atoms with Crippen molar-refractivity contribution >= 4 is 17.4 Å². The average Bonchev–Trinajstić information content (AvgIpc) is 2.87. The molecule has 2 aromatic rings. The van der Waals surface area contributed by atoms with Gasteiger partial charge in [0.25, 0.3) is 11.8 Å². The molecule has 0 radical (unpaired) electrons. The Kier molecular flexibility index (Phi) is 4.15. The third-order valence-electron chi connectivity index (χ3n) is 3.53. The van der Waals surface area contributed by atoms with Gasteiger partial charge in [0.05, 0.1) is 11.1 Å². The lowest BCUT2D eigenvalue weighted by Crippen LogP contribution is -2.25. The molecule has 3 nitrogen and oxygen atoms in total. The summed E-state index contributed by atoms with van der Waals surface area (Å²) in [7, 11) is 0. The van der Waals surface area contributed by atoms with Gasteiger partial charge in [0.1, 0.15) is 0 Å². The summed E-state index contributed by atoms with van der Waals surface area (Å²) in [5, 5.41) is 0. The minimum absolute atomic E-state index is 0.0149. The summed E-state index contributed by atoms with van der Waals surface area (Å²) >= 11 is 0. The number of rotatable bonds is 1. The van der Waals surface area contributed by atoms with Gasteiger partial charge in [-0.05, 0) is 35.7 Å². The van der Waals surface area contributed by atoms with Crippen molar-refractivity contribution < 1.29 is 22.8 Å². The van der Waals surface area contributed by atoms with Crippen LogP contribution in [0.15, 0.2) is 60.7 Å². The van der Waals surface area contributed by atoms with E-state index in [2.05, 4.69) is 12.0 Å². The van der Waals surface area contributed by atoms with E-state index in [0.717, 1.165) is 35.2 Å². The van der Waals surface area contributed by atoms with Crippen molar-refractivity contribution in [2.45, 2.75) is 6.18 Å². The lowest BCUT2D eigenvalue weighted by atomic mass is 10.0. The Labute approximate surface area is 141 Å². The van der Waals surface area contributed by atoms with Crippen molar-refractivity contribution in [3.05, 3.63) is 77.4 Å². The number of hydrogen-bond donors (Lipinski definition) is 0. The summed E-state index contributed by atoms with van der Waals surface area (Å²) in [4.78, 5) is 25.0. The topological polar surface area (TPSA) is 37.4 Å². The van der Waals surface area contributed by atoms with Gasteiger partial charge in [-0.3, -0.25) is 9.59 Å². The van der Waals surface area contributed by atoms with Crippen LogP contribution in [-0.4, -0.2) is 16.7 Å². The molecule has 0 aromatic heterocycles. The molecule has 1 heterocycles. The Morgan fingerprint density at radius 3 is 2.12 bits per heavy atom. The van der Waals surface area contributed by atoms with E-state index < -0.39 is 23.6 Å². The van der Waals surface area contributed by atoms with Crippen molar-refractivity contribution in [1.82, 2.24) is 4.90 Å². The lowest BCUT2D eigenvalue weighted by Gasteiger charge is -2.08. The molecule has 0 spiro atoms. The maximum absolute atomic E-state index is 12.6. The highest BCUT2D eigenvalue weighted by Crippen LogP contribution is 2.31. The highest BCUT2D eigenvalue weighted by Gasteiger charge is 2.33. The van der Waals surface area contributed by atoms with E-state index in [1.807, 2.05) is 6.07 Å². The van der Waals surface area contributed by atoms with E-state index in [1.165, 1.54) is 0 Å². The van der Waals surface area contributed by atoms with Crippen molar-refractivity contribution in [3.63, 3.8) is 0 Å². The Balaban J connectivity index is 1.84. The maximum Gasteiger partial charge on any atom is 0.416 e. The summed E-state index contributed by atoms with van der Waals surface area (Å²) in [6, 6.07) is 15.3. The summed E-state index contributed by atoms with van der Waals surface area (Å²) in [5.41, 5.74) is 0.0527. The molecule has 3 rings (SSSR count). The molecule has 0 fully saturated rings. The van der Waals surface area contributed by atoms with Crippen molar-refractivity contribution in [2.24, 2.45) is 0 Å². The highest BCUT2D eigenvalue weighted by molar-refractivity contribution is 6.34. The third-order valence-corrected chi connectivity index (χ3v) is 3.53. The van der Waals surface area contributed by atoms with Crippen LogP contribution in [-0.2, 0) is 15.8 Å². The van der Waals surface area contributed by atoms with Crippen LogP contribution in [0.4, 0.5) is 13.2 Å². The molecule has 0 saturated carbocycles. The van der Waals surface area contributed by atoms with E-state index in [0.29, 0.717) is 5.56 Å². The van der Waals surface area contributed by atoms with Gasteiger partial charge in [-0.15, -0.1) is 0 Å². The minimum atomic E-state index is -4.46. The summed E-state index contributed by atoms with van der Waals surface area (Å²) < 4.78 is 37.8. The van der Waals surface area contributed by atoms with Crippen LogP contribution < -0.4 is 0 Å². The number of carbonyl (C=O) groups is 2. The zero-order chi connectivity index (χ0) is 18.0. The predicted molar refractivity (Wildman–Crippen MR) is 84.6 cm³/mol. The second kappa shape index (κ2) is 6.29. The standard InChI is InChI=1S/C19H10F3NO2/c20-19(21,22)15-8-6-14(7-9-15)16-12-17(24)23(18(16)25)11-10-13-4-2-1-3-5-13/h1-9,12H. The molecule has 2 amide bonds. The molecule has 0 unspecified atom stereocenters. The SMILES string of the molecule is O=C1C=C(c2ccc(C(F)(F)F)cc2)C(=O)N1C#Cc1ccccc1. The number of halogens is 3. The minimum Gasteiger partial charge on any atom is -0.268 e. The number of carbonyl (C=O) groups excluding carboxylic acids is 2. The molecule has 1 aliphatic heterocycles. The Bertz CT molecular complexity index is 917. The van der Waals surface area contributed by atoms with Crippen molar-refractivity contribution in [1.29, 1.82) is 0 Å². The first-order chi connectivity index (χ1) is 11.9. The molecule has 0 N–H and O–H groups in total. The number of imide groups is 1. The van der Waals surface area contributed by atoms with Gasteiger partial charge in [0.2, 0.25) is 0 Å². The van der Waals surface area contributed by atoms with E-state index in [9.17, 15) is 22.8 Å². The Morgan fingerprint density at radius 1 is 0.880 bits per heavy atom. The number of amides is 2. The molecule has 0 aliphatic carbocycles. The first-order valence-corrected chi connectivity index (χ1v) is 7.21. The monoisotopic (exact) mass is 341 g/mol. The van der Waals surface area contributed by atoms with E-state index >= 15 is 0 Å². The summed E-state index contributed by atoms with van der Waals surface area (Å²) in [6.45, 7) is 0. The zero-order valence-corrected chi connectivity index (χ0v) is 12.7. The second-order valence-corrected chi connectivity index (χ2v) is 5.21. The fraction of sp³-hybridized carbons (Fsp3) is 0.0526. The van der Waals surface area contributed by atoms with Gasteiger partial charge in [-0.2, -0.15) is 18.1 Å². The van der Waals surface area contributed by atoms with Gasteiger partial charge >= 0.3 is 6.18 Å². The van der Waals surface area contributed by atoms with Gasteiger partial charge < -0.3 is 0 Å². The molecule has 2 aromatic carbocycles. The molecule has 0 bridgehead atoms. The first-order valence-electron chi connectivity index (χ1n) is 7.21. The van der Waals surface area contributed by atoms with Crippen LogP contribution in [0.1, 0.15) is 16.7 Å². The lowest BCUT2D eigenvalue weighted by molar-refractivity contribution is -0.137. The Hall–Kier alpha value is -3.33. The summed E-state index contributed by atoms with van der Waals surface area (Å²) in [5.74, 6) is 1.42. The van der Waals surface area contributed by atoms with Crippen LogP contribution in [0.5, 0.6) is 0 Å². The van der Waals surface area contributed by atoms with Gasteiger partial charge in [0.15, 0.2) is 0 Å². The molecule has 25 heavy (non-hydrogen) atoms. The van der Waals surface area contributed by atoms with E-state index in [1.54, 1.807) is 24.3 Å². The number of nitrogens with zero attached hydrogens (tertiary/aromatic N) is 1. The first kappa shape index (κ1) is 16.5. The molecular formula is C19H10F3NO2. The largest absolute Gasteiger partial charge is 0.416 e.